The molecule has 0 aliphatic rings. The minimum Gasteiger partial charge on any atom is -0.492 e. The molecule has 1 atom stereocenters. The molecule has 0 spiro atoms. The van der Waals surface area contributed by atoms with Crippen molar-refractivity contribution in [2.45, 2.75) is 19.4 Å². The summed E-state index contributed by atoms with van der Waals surface area (Å²) in [4.78, 5) is 23.1. The van der Waals surface area contributed by atoms with Gasteiger partial charge in [-0.2, -0.15) is 0 Å². The molecule has 0 aliphatic carbocycles. The van der Waals surface area contributed by atoms with Crippen LogP contribution in [-0.2, 0) is 9.53 Å². The van der Waals surface area contributed by atoms with Crippen LogP contribution in [0.1, 0.15) is 35.4 Å². The Kier molecular flexibility index (Phi) is 6.05. The predicted molar refractivity (Wildman–Crippen MR) is 85.9 cm³/mol. The summed E-state index contributed by atoms with van der Waals surface area (Å²) in [6.07, 6.45) is -1.07. The molecule has 0 saturated carbocycles. The van der Waals surface area contributed by atoms with E-state index in [-0.39, 0.29) is 29.9 Å². The quantitative estimate of drug-likeness (QED) is 0.779. The number of carbonyl (C=O) groups excluding carboxylic acids is 2. The number of rotatable bonds is 7. The van der Waals surface area contributed by atoms with E-state index in [4.69, 9.17) is 15.2 Å². The number of hydrogen-bond acceptors (Lipinski definition) is 4. The second-order valence-electron chi connectivity index (χ2n) is 5.26. The highest BCUT2D eigenvalue weighted by atomic mass is 19.1. The van der Waals surface area contributed by atoms with Crippen molar-refractivity contribution in [3.05, 3.63) is 65.2 Å². The minimum atomic E-state index is -0.943. The zero-order valence-corrected chi connectivity index (χ0v) is 13.5. The first kappa shape index (κ1) is 18.4. The van der Waals surface area contributed by atoms with Crippen molar-refractivity contribution in [2.75, 3.05) is 6.61 Å². The standard InChI is InChI=1S/C18H17F2NO4/c1-11(14-10-12(19)6-7-15(14)20)25-17(22)8-9-24-16-5-3-2-4-13(16)18(21)23/h2-7,10-11H,8-9H2,1H3,(H2,21,23)/t11-/m1/s1. The lowest BCUT2D eigenvalue weighted by molar-refractivity contribution is -0.149. The molecule has 1 amide bonds. The van der Waals surface area contributed by atoms with Gasteiger partial charge in [-0.15, -0.1) is 0 Å². The maximum absolute atomic E-state index is 13.6. The number of hydrogen-bond donors (Lipinski definition) is 1. The zero-order chi connectivity index (χ0) is 18.4. The van der Waals surface area contributed by atoms with E-state index in [9.17, 15) is 18.4 Å². The Morgan fingerprint density at radius 1 is 1.16 bits per heavy atom. The molecule has 2 aromatic carbocycles. The van der Waals surface area contributed by atoms with E-state index in [2.05, 4.69) is 0 Å². The number of nitrogens with two attached hydrogens (primary N) is 1. The Morgan fingerprint density at radius 3 is 2.60 bits per heavy atom. The van der Waals surface area contributed by atoms with Gasteiger partial charge in [-0.25, -0.2) is 8.78 Å². The number of benzene rings is 2. The van der Waals surface area contributed by atoms with Crippen LogP contribution >= 0.6 is 0 Å². The number of carbonyl (C=O) groups is 2. The summed E-state index contributed by atoms with van der Waals surface area (Å²) in [6, 6.07) is 9.29. The van der Waals surface area contributed by atoms with Gasteiger partial charge in [-0.3, -0.25) is 9.59 Å². The monoisotopic (exact) mass is 349 g/mol. The molecule has 7 heteroatoms. The fourth-order valence-corrected chi connectivity index (χ4v) is 2.19. The molecule has 0 bridgehead atoms. The fourth-order valence-electron chi connectivity index (χ4n) is 2.19. The summed E-state index contributed by atoms with van der Waals surface area (Å²) in [5.41, 5.74) is 5.38. The van der Waals surface area contributed by atoms with Crippen molar-refractivity contribution in [3.63, 3.8) is 0 Å². The van der Waals surface area contributed by atoms with E-state index in [1.807, 2.05) is 0 Å². The van der Waals surface area contributed by atoms with Gasteiger partial charge in [0.15, 0.2) is 0 Å². The van der Waals surface area contributed by atoms with Gasteiger partial charge in [0.05, 0.1) is 18.6 Å². The molecule has 0 radical (unpaired) electrons. The molecule has 0 heterocycles. The molecule has 2 aromatic rings. The Balaban J connectivity index is 1.89. The van der Waals surface area contributed by atoms with E-state index in [1.54, 1.807) is 18.2 Å². The number of primary amides is 1. The van der Waals surface area contributed by atoms with Crippen LogP contribution in [0.25, 0.3) is 0 Å². The third-order valence-electron chi connectivity index (χ3n) is 3.42. The Bertz CT molecular complexity index is 779. The normalized spacial score (nSPS) is 11.6. The van der Waals surface area contributed by atoms with Gasteiger partial charge >= 0.3 is 5.97 Å². The van der Waals surface area contributed by atoms with Crippen LogP contribution in [0, 0.1) is 11.6 Å². The largest absolute Gasteiger partial charge is 0.492 e. The van der Waals surface area contributed by atoms with E-state index in [0.717, 1.165) is 18.2 Å². The van der Waals surface area contributed by atoms with E-state index in [0.29, 0.717) is 0 Å². The number of esters is 1. The first-order valence-corrected chi connectivity index (χ1v) is 7.54. The molecular weight excluding hydrogens is 332 g/mol. The van der Waals surface area contributed by atoms with Crippen molar-refractivity contribution >= 4 is 11.9 Å². The molecule has 0 fully saturated rings. The third-order valence-corrected chi connectivity index (χ3v) is 3.42. The van der Waals surface area contributed by atoms with Crippen LogP contribution in [0.3, 0.4) is 0 Å². The van der Waals surface area contributed by atoms with Crippen molar-refractivity contribution in [3.8, 4) is 5.75 Å². The maximum atomic E-state index is 13.6. The number of halogens is 2. The Hall–Kier alpha value is -2.96. The van der Waals surface area contributed by atoms with E-state index < -0.39 is 29.6 Å². The second-order valence-corrected chi connectivity index (χ2v) is 5.26. The van der Waals surface area contributed by atoms with Crippen molar-refractivity contribution < 1.29 is 27.8 Å². The summed E-state index contributed by atoms with van der Waals surface area (Å²) < 4.78 is 37.2. The number of ether oxygens (including phenoxy) is 2. The lowest BCUT2D eigenvalue weighted by atomic mass is 10.1. The van der Waals surface area contributed by atoms with Gasteiger partial charge < -0.3 is 15.2 Å². The van der Waals surface area contributed by atoms with E-state index in [1.165, 1.54) is 13.0 Å². The van der Waals surface area contributed by atoms with Gasteiger partial charge in [0.25, 0.3) is 5.91 Å². The molecule has 0 aromatic heterocycles. The van der Waals surface area contributed by atoms with Crippen LogP contribution in [0.2, 0.25) is 0 Å². The topological polar surface area (TPSA) is 78.6 Å². The molecule has 2 N–H and O–H groups in total. The van der Waals surface area contributed by atoms with Gasteiger partial charge in [0, 0.05) is 5.56 Å². The minimum absolute atomic E-state index is 0.0478. The molecule has 25 heavy (non-hydrogen) atoms. The summed E-state index contributed by atoms with van der Waals surface area (Å²) >= 11 is 0. The first-order chi connectivity index (χ1) is 11.9. The maximum Gasteiger partial charge on any atom is 0.309 e. The summed E-state index contributed by atoms with van der Waals surface area (Å²) in [5, 5.41) is 0. The third kappa shape index (κ3) is 5.00. The highest BCUT2D eigenvalue weighted by Crippen LogP contribution is 2.22. The summed E-state index contributed by atoms with van der Waals surface area (Å²) in [5.74, 6) is -2.31. The van der Waals surface area contributed by atoms with Gasteiger partial charge in [-0.05, 0) is 37.3 Å². The van der Waals surface area contributed by atoms with Crippen molar-refractivity contribution in [1.82, 2.24) is 0 Å². The van der Waals surface area contributed by atoms with E-state index >= 15 is 0 Å². The van der Waals surface area contributed by atoms with Crippen LogP contribution in [-0.4, -0.2) is 18.5 Å². The zero-order valence-electron chi connectivity index (χ0n) is 13.5. The number of para-hydroxylation sites is 1. The Labute approximate surface area is 143 Å². The van der Waals surface area contributed by atoms with Gasteiger partial charge in [0.1, 0.15) is 23.5 Å². The predicted octanol–water partition coefficient (Wildman–Crippen LogP) is 3.14. The van der Waals surface area contributed by atoms with Crippen LogP contribution in [0.5, 0.6) is 5.75 Å². The average molecular weight is 349 g/mol. The second kappa shape index (κ2) is 8.23. The first-order valence-electron chi connectivity index (χ1n) is 7.54. The highest BCUT2D eigenvalue weighted by Gasteiger charge is 2.17. The smallest absolute Gasteiger partial charge is 0.309 e. The molecule has 5 nitrogen and oxygen atoms in total. The highest BCUT2D eigenvalue weighted by molar-refractivity contribution is 5.95. The van der Waals surface area contributed by atoms with Gasteiger partial charge in [-0.1, -0.05) is 12.1 Å². The number of amides is 1. The Morgan fingerprint density at radius 2 is 1.88 bits per heavy atom. The lowest BCUT2D eigenvalue weighted by Crippen LogP contribution is -2.16. The summed E-state index contributed by atoms with van der Waals surface area (Å²) in [7, 11) is 0. The molecular formula is C18H17F2NO4. The summed E-state index contributed by atoms with van der Waals surface area (Å²) in [6.45, 7) is 1.39. The average Bonchev–Trinajstić information content (AvgIpc) is 2.57. The molecule has 0 aliphatic heterocycles. The molecule has 0 unspecified atom stereocenters. The van der Waals surface area contributed by atoms with Gasteiger partial charge in [0.2, 0.25) is 0 Å². The van der Waals surface area contributed by atoms with Crippen LogP contribution in [0.15, 0.2) is 42.5 Å². The van der Waals surface area contributed by atoms with Crippen LogP contribution < -0.4 is 10.5 Å². The lowest BCUT2D eigenvalue weighted by Gasteiger charge is -2.15. The molecule has 0 saturated heterocycles. The van der Waals surface area contributed by atoms with Crippen LogP contribution in [0.4, 0.5) is 8.78 Å². The van der Waals surface area contributed by atoms with Crippen molar-refractivity contribution in [1.29, 1.82) is 0 Å². The fraction of sp³-hybridized carbons (Fsp3) is 0.222. The SMILES string of the molecule is C[C@@H](OC(=O)CCOc1ccccc1C(N)=O)c1cc(F)ccc1F. The van der Waals surface area contributed by atoms with Crippen molar-refractivity contribution in [2.24, 2.45) is 5.73 Å². The molecule has 2 rings (SSSR count). The molecule has 132 valence electrons.